The second-order valence-electron chi connectivity index (χ2n) is 5.46. The van der Waals surface area contributed by atoms with Gasteiger partial charge in [-0.15, -0.1) is 0 Å². The summed E-state index contributed by atoms with van der Waals surface area (Å²) in [7, 11) is 0. The number of hydrogen-bond acceptors (Lipinski definition) is 3. The number of fused-ring (bicyclic) bond motifs is 1. The topological polar surface area (TPSA) is 46.0 Å². The molecule has 0 radical (unpaired) electrons. The van der Waals surface area contributed by atoms with Gasteiger partial charge in [0.05, 0.1) is 11.8 Å². The molecular weight excluding hydrogens is 335 g/mol. The maximum absolute atomic E-state index is 14.1. The Morgan fingerprint density at radius 3 is 2.64 bits per heavy atom. The molecule has 0 bridgehead atoms. The Bertz CT molecular complexity index is 1140. The Labute approximate surface area is 148 Å². The first kappa shape index (κ1) is 15.4. The Kier molecular flexibility index (Phi) is 3.95. The van der Waals surface area contributed by atoms with Crippen LogP contribution >= 0.6 is 12.2 Å². The minimum atomic E-state index is -0.377. The average Bonchev–Trinajstić information content (AvgIpc) is 3.01. The highest BCUT2D eigenvalue weighted by atomic mass is 32.1. The van der Waals surface area contributed by atoms with Gasteiger partial charge in [0.25, 0.3) is 0 Å². The van der Waals surface area contributed by atoms with Crippen LogP contribution in [-0.4, -0.2) is 21.1 Å². The molecule has 1 aromatic heterocycles. The fourth-order valence-electron chi connectivity index (χ4n) is 2.70. The predicted octanol–water partition coefficient (Wildman–Crippen LogP) is 4.78. The van der Waals surface area contributed by atoms with Crippen molar-refractivity contribution in [2.24, 2.45) is 5.10 Å². The molecule has 0 unspecified atom stereocenters. The second kappa shape index (κ2) is 6.41. The quantitative estimate of drug-likeness (QED) is 0.428. The highest BCUT2D eigenvalue weighted by molar-refractivity contribution is 7.71. The minimum Gasteiger partial charge on any atom is -0.250 e. The van der Waals surface area contributed by atoms with Gasteiger partial charge < -0.3 is 0 Å². The summed E-state index contributed by atoms with van der Waals surface area (Å²) in [6.45, 7) is 0. The van der Waals surface area contributed by atoms with Crippen LogP contribution in [0, 0.1) is 10.6 Å². The van der Waals surface area contributed by atoms with E-state index in [1.165, 1.54) is 10.7 Å². The van der Waals surface area contributed by atoms with Crippen LogP contribution < -0.4 is 0 Å². The van der Waals surface area contributed by atoms with Crippen molar-refractivity contribution in [3.63, 3.8) is 0 Å². The Balaban J connectivity index is 1.82. The van der Waals surface area contributed by atoms with Crippen LogP contribution in [0.3, 0.4) is 0 Å². The zero-order valence-corrected chi connectivity index (χ0v) is 13.9. The van der Waals surface area contributed by atoms with Crippen molar-refractivity contribution >= 4 is 29.2 Å². The van der Waals surface area contributed by atoms with Crippen LogP contribution in [0.4, 0.5) is 4.39 Å². The van der Waals surface area contributed by atoms with Crippen LogP contribution in [0.25, 0.3) is 22.2 Å². The number of H-pyrrole nitrogens is 1. The first-order valence-corrected chi connectivity index (χ1v) is 8.09. The number of nitrogens with one attached hydrogen (secondary N) is 1. The average molecular weight is 348 g/mol. The van der Waals surface area contributed by atoms with Gasteiger partial charge in [-0.3, -0.25) is 0 Å². The minimum absolute atomic E-state index is 0.301. The number of halogens is 1. The number of nitrogens with zero attached hydrogens (tertiary/aromatic N) is 3. The van der Waals surface area contributed by atoms with Crippen molar-refractivity contribution in [1.29, 1.82) is 0 Å². The molecule has 0 amide bonds. The van der Waals surface area contributed by atoms with Gasteiger partial charge in [0.1, 0.15) is 5.82 Å². The lowest BCUT2D eigenvalue weighted by molar-refractivity contribution is 0.628. The standard InChI is InChI=1S/C19H13FN4S/c20-17-11-4-3-10-16(17)18-22-23-19(25)24(18)21-12-14-8-5-7-13-6-1-2-9-15(13)14/h1-12H,(H,23,25). The number of aromatic nitrogens is 3. The lowest BCUT2D eigenvalue weighted by atomic mass is 10.1. The van der Waals surface area contributed by atoms with Crippen molar-refractivity contribution in [1.82, 2.24) is 14.9 Å². The molecular formula is C19H13FN4S. The molecule has 1 N–H and O–H groups in total. The largest absolute Gasteiger partial charge is 0.250 e. The summed E-state index contributed by atoms with van der Waals surface area (Å²) in [6.07, 6.45) is 1.71. The third kappa shape index (κ3) is 2.88. The molecule has 0 aliphatic carbocycles. The molecule has 0 saturated carbocycles. The first-order chi connectivity index (χ1) is 12.2. The summed E-state index contributed by atoms with van der Waals surface area (Å²) in [4.78, 5) is 0. The maximum atomic E-state index is 14.1. The van der Waals surface area contributed by atoms with Crippen LogP contribution in [0.15, 0.2) is 71.8 Å². The van der Waals surface area contributed by atoms with E-state index in [0.717, 1.165) is 16.3 Å². The number of rotatable bonds is 3. The Morgan fingerprint density at radius 1 is 1.00 bits per heavy atom. The maximum Gasteiger partial charge on any atom is 0.216 e. The molecule has 0 aliphatic heterocycles. The molecule has 4 rings (SSSR count). The van der Waals surface area contributed by atoms with Crippen molar-refractivity contribution in [3.8, 4) is 11.4 Å². The van der Waals surface area contributed by atoms with Gasteiger partial charge >= 0.3 is 0 Å². The van der Waals surface area contributed by atoms with E-state index in [0.29, 0.717) is 16.2 Å². The summed E-state index contributed by atoms with van der Waals surface area (Å²) in [5.41, 5.74) is 1.28. The predicted molar refractivity (Wildman–Crippen MR) is 99.7 cm³/mol. The van der Waals surface area contributed by atoms with Crippen molar-refractivity contribution < 1.29 is 4.39 Å². The molecule has 122 valence electrons. The van der Waals surface area contributed by atoms with E-state index in [1.54, 1.807) is 24.4 Å². The molecule has 25 heavy (non-hydrogen) atoms. The van der Waals surface area contributed by atoms with E-state index >= 15 is 0 Å². The molecule has 0 aliphatic rings. The van der Waals surface area contributed by atoms with Crippen molar-refractivity contribution in [3.05, 3.63) is 82.9 Å². The highest BCUT2D eigenvalue weighted by Crippen LogP contribution is 2.21. The third-order valence-electron chi connectivity index (χ3n) is 3.90. The molecule has 0 saturated heterocycles. The summed E-state index contributed by atoms with van der Waals surface area (Å²) in [5, 5.41) is 13.4. The van der Waals surface area contributed by atoms with E-state index < -0.39 is 0 Å². The van der Waals surface area contributed by atoms with Crippen LogP contribution in [-0.2, 0) is 0 Å². The normalized spacial score (nSPS) is 11.4. The Hall–Kier alpha value is -3.12. The third-order valence-corrected chi connectivity index (χ3v) is 4.17. The Morgan fingerprint density at radius 2 is 1.76 bits per heavy atom. The number of benzene rings is 3. The second-order valence-corrected chi connectivity index (χ2v) is 5.84. The van der Waals surface area contributed by atoms with E-state index in [-0.39, 0.29) is 5.82 Å². The molecule has 4 aromatic rings. The van der Waals surface area contributed by atoms with Gasteiger partial charge in [0.2, 0.25) is 4.77 Å². The lowest BCUT2D eigenvalue weighted by Gasteiger charge is -2.03. The van der Waals surface area contributed by atoms with Crippen LogP contribution in [0.5, 0.6) is 0 Å². The zero-order valence-electron chi connectivity index (χ0n) is 13.1. The molecule has 0 fully saturated rings. The molecule has 0 spiro atoms. The van der Waals surface area contributed by atoms with Gasteiger partial charge in [-0.1, -0.05) is 54.6 Å². The number of hydrogen-bond donors (Lipinski definition) is 1. The van der Waals surface area contributed by atoms with Crippen LogP contribution in [0.2, 0.25) is 0 Å². The number of aromatic amines is 1. The van der Waals surface area contributed by atoms with Gasteiger partial charge in [0.15, 0.2) is 5.82 Å². The zero-order chi connectivity index (χ0) is 17.2. The van der Waals surface area contributed by atoms with Gasteiger partial charge in [-0.25, -0.2) is 9.49 Å². The first-order valence-electron chi connectivity index (χ1n) is 7.68. The van der Waals surface area contributed by atoms with Gasteiger partial charge in [-0.2, -0.15) is 14.9 Å². The molecule has 3 aromatic carbocycles. The molecule has 0 atom stereocenters. The lowest BCUT2D eigenvalue weighted by Crippen LogP contribution is -1.97. The molecule has 4 nitrogen and oxygen atoms in total. The highest BCUT2D eigenvalue weighted by Gasteiger charge is 2.12. The molecule has 1 heterocycles. The van der Waals surface area contributed by atoms with Gasteiger partial charge in [0, 0.05) is 5.56 Å². The SMILES string of the molecule is Fc1ccccc1-c1n[nH]c(=S)n1N=Cc1cccc2ccccc12. The van der Waals surface area contributed by atoms with E-state index in [4.69, 9.17) is 12.2 Å². The van der Waals surface area contributed by atoms with E-state index in [2.05, 4.69) is 15.3 Å². The fourth-order valence-corrected chi connectivity index (χ4v) is 2.88. The monoisotopic (exact) mass is 348 g/mol. The van der Waals surface area contributed by atoms with Crippen molar-refractivity contribution in [2.75, 3.05) is 0 Å². The summed E-state index contributed by atoms with van der Waals surface area (Å²) >= 11 is 5.24. The van der Waals surface area contributed by atoms with Crippen LogP contribution in [0.1, 0.15) is 5.56 Å². The summed E-state index contributed by atoms with van der Waals surface area (Å²) in [5.74, 6) is -0.0438. The summed E-state index contributed by atoms with van der Waals surface area (Å²) in [6, 6.07) is 20.4. The van der Waals surface area contributed by atoms with Crippen molar-refractivity contribution in [2.45, 2.75) is 0 Å². The van der Waals surface area contributed by atoms with Gasteiger partial charge in [-0.05, 0) is 35.1 Å². The summed E-state index contributed by atoms with van der Waals surface area (Å²) < 4.78 is 15.8. The molecule has 6 heteroatoms. The smallest absolute Gasteiger partial charge is 0.216 e. The van der Waals surface area contributed by atoms with E-state index in [9.17, 15) is 4.39 Å². The fraction of sp³-hybridized carbons (Fsp3) is 0. The van der Waals surface area contributed by atoms with E-state index in [1.807, 2.05) is 42.5 Å².